The summed E-state index contributed by atoms with van der Waals surface area (Å²) < 4.78 is 14.2. The number of nitrogens with zero attached hydrogens (tertiary/aromatic N) is 2. The van der Waals surface area contributed by atoms with Gasteiger partial charge in [0.2, 0.25) is 5.91 Å². The Balaban J connectivity index is 1.38. The number of para-hydroxylation sites is 1. The first-order valence-corrected chi connectivity index (χ1v) is 12.8. The molecule has 2 aromatic carbocycles. The van der Waals surface area contributed by atoms with Crippen molar-refractivity contribution < 1.29 is 14.0 Å². The molecule has 2 aromatic rings. The van der Waals surface area contributed by atoms with E-state index in [1.807, 2.05) is 24.3 Å². The van der Waals surface area contributed by atoms with Crippen LogP contribution in [0.5, 0.6) is 0 Å². The summed E-state index contributed by atoms with van der Waals surface area (Å²) in [5.74, 6) is 0.559. The highest BCUT2D eigenvalue weighted by molar-refractivity contribution is 8.04. The van der Waals surface area contributed by atoms with Gasteiger partial charge in [0.15, 0.2) is 0 Å². The van der Waals surface area contributed by atoms with Crippen LogP contribution >= 0.6 is 11.8 Å². The van der Waals surface area contributed by atoms with E-state index in [1.54, 1.807) is 24.3 Å². The fourth-order valence-corrected chi connectivity index (χ4v) is 5.91. The Bertz CT molecular complexity index is 1060. The summed E-state index contributed by atoms with van der Waals surface area (Å²) in [4.78, 5) is 31.2. The molecule has 2 aliphatic heterocycles. The van der Waals surface area contributed by atoms with Crippen molar-refractivity contribution in [3.63, 3.8) is 0 Å². The zero-order valence-electron chi connectivity index (χ0n) is 19.8. The lowest BCUT2D eigenvalue weighted by Crippen LogP contribution is -2.43. The topological polar surface area (TPSA) is 52.7 Å². The molecule has 180 valence electrons. The molecule has 34 heavy (non-hydrogen) atoms. The summed E-state index contributed by atoms with van der Waals surface area (Å²) >= 11 is 1.30. The van der Waals surface area contributed by atoms with Gasteiger partial charge >= 0.3 is 0 Å². The number of rotatable bonds is 7. The minimum absolute atomic E-state index is 0.0667. The molecule has 0 spiro atoms. The van der Waals surface area contributed by atoms with Gasteiger partial charge in [0, 0.05) is 30.1 Å². The maximum atomic E-state index is 14.2. The van der Waals surface area contributed by atoms with E-state index in [0.29, 0.717) is 34.5 Å². The molecule has 4 rings (SSSR count). The Morgan fingerprint density at radius 2 is 1.82 bits per heavy atom. The molecule has 0 aromatic heterocycles. The van der Waals surface area contributed by atoms with E-state index < -0.39 is 0 Å². The lowest BCUT2D eigenvalue weighted by atomic mass is 9.92. The number of halogens is 1. The Morgan fingerprint density at radius 1 is 1.12 bits per heavy atom. The van der Waals surface area contributed by atoms with Crippen molar-refractivity contribution >= 4 is 35.3 Å². The molecule has 0 bridgehead atoms. The van der Waals surface area contributed by atoms with E-state index in [2.05, 4.69) is 24.1 Å². The highest BCUT2D eigenvalue weighted by Gasteiger charge is 2.30. The molecule has 1 saturated heterocycles. The van der Waals surface area contributed by atoms with Gasteiger partial charge in [-0.25, -0.2) is 4.39 Å². The van der Waals surface area contributed by atoms with E-state index in [1.165, 1.54) is 29.1 Å². The van der Waals surface area contributed by atoms with Crippen LogP contribution in [0.15, 0.2) is 58.3 Å². The second-order valence-corrected chi connectivity index (χ2v) is 10.5. The minimum Gasteiger partial charge on any atom is -0.355 e. The van der Waals surface area contributed by atoms with Crippen molar-refractivity contribution in [1.29, 1.82) is 0 Å². The summed E-state index contributed by atoms with van der Waals surface area (Å²) in [5.41, 5.74) is 1.05. The Morgan fingerprint density at radius 3 is 2.59 bits per heavy atom. The summed E-state index contributed by atoms with van der Waals surface area (Å²) in [5, 5.41) is 2.97. The van der Waals surface area contributed by atoms with E-state index in [0.717, 1.165) is 31.0 Å². The van der Waals surface area contributed by atoms with E-state index in [4.69, 9.17) is 0 Å². The molecule has 2 amide bonds. The van der Waals surface area contributed by atoms with Crippen molar-refractivity contribution in [3.05, 3.63) is 64.8 Å². The van der Waals surface area contributed by atoms with E-state index in [-0.39, 0.29) is 24.2 Å². The first kappa shape index (κ1) is 24.5. The number of benzene rings is 2. The van der Waals surface area contributed by atoms with Gasteiger partial charge in [-0.1, -0.05) is 55.9 Å². The van der Waals surface area contributed by atoms with Gasteiger partial charge in [-0.15, -0.1) is 0 Å². The standard InChI is InChI=1S/C27H32FN3O2S/c1-19-14-20(2)17-30(16-19)13-7-12-29-26(32)18-31-23-10-5-6-11-24(23)34-25(27(31)33)15-21-8-3-4-9-22(21)28/h3-6,8-11,15,19-20H,7,12-14,16-18H2,1-2H3,(H,29,32)/b25-15-/t19-,20-/m1/s1. The van der Waals surface area contributed by atoms with Crippen molar-refractivity contribution in [1.82, 2.24) is 10.2 Å². The summed E-state index contributed by atoms with van der Waals surface area (Å²) in [6, 6.07) is 13.8. The van der Waals surface area contributed by atoms with Crippen LogP contribution in [0.2, 0.25) is 0 Å². The minimum atomic E-state index is -0.385. The molecule has 1 N–H and O–H groups in total. The highest BCUT2D eigenvalue weighted by Crippen LogP contribution is 2.42. The predicted octanol–water partition coefficient (Wildman–Crippen LogP) is 4.79. The van der Waals surface area contributed by atoms with Gasteiger partial charge in [-0.2, -0.15) is 0 Å². The average Bonchev–Trinajstić information content (AvgIpc) is 2.80. The van der Waals surface area contributed by atoms with Crippen LogP contribution < -0.4 is 10.2 Å². The summed E-state index contributed by atoms with van der Waals surface area (Å²) in [6.07, 6.45) is 3.72. The van der Waals surface area contributed by atoms with Crippen LogP contribution in [0.25, 0.3) is 6.08 Å². The molecule has 0 saturated carbocycles. The SMILES string of the molecule is C[C@@H]1C[C@@H](C)CN(CCCNC(=O)CN2C(=O)/C(=C/c3ccccc3F)Sc3ccccc32)C1. The molecular formula is C27H32FN3O2S. The van der Waals surface area contributed by atoms with Crippen LogP contribution in [-0.4, -0.2) is 49.4 Å². The summed E-state index contributed by atoms with van der Waals surface area (Å²) in [7, 11) is 0. The number of likely N-dealkylation sites (tertiary alicyclic amines) is 1. The van der Waals surface area contributed by atoms with Crippen molar-refractivity contribution in [2.75, 3.05) is 37.6 Å². The maximum Gasteiger partial charge on any atom is 0.265 e. The number of carbonyl (C=O) groups excluding carboxylic acids is 2. The van der Waals surface area contributed by atoms with Gasteiger partial charge < -0.3 is 10.2 Å². The average molecular weight is 482 g/mol. The van der Waals surface area contributed by atoms with Gasteiger partial charge in [0.05, 0.1) is 10.6 Å². The molecule has 7 heteroatoms. The number of amides is 2. The van der Waals surface area contributed by atoms with Gasteiger partial charge in [0.1, 0.15) is 12.4 Å². The molecule has 2 atom stereocenters. The second kappa shape index (κ2) is 11.2. The molecule has 0 radical (unpaired) electrons. The smallest absolute Gasteiger partial charge is 0.265 e. The Hall–Kier alpha value is -2.64. The monoisotopic (exact) mass is 481 g/mol. The number of hydrogen-bond donors (Lipinski definition) is 1. The first-order valence-electron chi connectivity index (χ1n) is 11.9. The fourth-order valence-electron chi connectivity index (χ4n) is 4.86. The first-order chi connectivity index (χ1) is 16.4. The van der Waals surface area contributed by atoms with Crippen molar-refractivity contribution in [2.24, 2.45) is 11.8 Å². The van der Waals surface area contributed by atoms with Crippen LogP contribution in [-0.2, 0) is 9.59 Å². The zero-order chi connectivity index (χ0) is 24.1. The maximum absolute atomic E-state index is 14.2. The number of piperidine rings is 1. The van der Waals surface area contributed by atoms with E-state index >= 15 is 0 Å². The molecule has 5 nitrogen and oxygen atoms in total. The van der Waals surface area contributed by atoms with Gasteiger partial charge in [0.25, 0.3) is 5.91 Å². The predicted molar refractivity (Wildman–Crippen MR) is 136 cm³/mol. The normalized spacial score (nSPS) is 22.0. The number of anilines is 1. The van der Waals surface area contributed by atoms with Gasteiger partial charge in [-0.3, -0.25) is 14.5 Å². The highest BCUT2D eigenvalue weighted by atomic mass is 32.2. The molecule has 2 heterocycles. The number of hydrogen-bond acceptors (Lipinski definition) is 4. The Labute approximate surface area is 205 Å². The third-order valence-corrected chi connectivity index (χ3v) is 7.32. The third-order valence-electron chi connectivity index (χ3n) is 6.24. The second-order valence-electron chi connectivity index (χ2n) is 9.40. The van der Waals surface area contributed by atoms with Crippen molar-refractivity contribution in [3.8, 4) is 0 Å². The van der Waals surface area contributed by atoms with Crippen LogP contribution in [0.3, 0.4) is 0 Å². The van der Waals surface area contributed by atoms with Crippen LogP contribution in [0.1, 0.15) is 32.3 Å². The molecule has 1 fully saturated rings. The van der Waals surface area contributed by atoms with Crippen LogP contribution in [0.4, 0.5) is 10.1 Å². The Kier molecular flexibility index (Phi) is 8.06. The number of thioether (sulfide) groups is 1. The molecular weight excluding hydrogens is 449 g/mol. The van der Waals surface area contributed by atoms with E-state index in [9.17, 15) is 14.0 Å². The molecule has 0 unspecified atom stereocenters. The van der Waals surface area contributed by atoms with Crippen LogP contribution in [0, 0.1) is 17.7 Å². The largest absolute Gasteiger partial charge is 0.355 e. The summed E-state index contributed by atoms with van der Waals surface area (Å²) in [6.45, 7) is 8.30. The number of carbonyl (C=O) groups is 2. The molecule has 2 aliphatic rings. The zero-order valence-corrected chi connectivity index (χ0v) is 20.6. The number of fused-ring (bicyclic) bond motifs is 1. The molecule has 0 aliphatic carbocycles. The van der Waals surface area contributed by atoms with Gasteiger partial charge in [-0.05, 0) is 55.5 Å². The fraction of sp³-hybridized carbons (Fsp3) is 0.407. The lowest BCUT2D eigenvalue weighted by molar-refractivity contribution is -0.122. The van der Waals surface area contributed by atoms with Crippen molar-refractivity contribution in [2.45, 2.75) is 31.6 Å². The lowest BCUT2D eigenvalue weighted by Gasteiger charge is -2.35. The third kappa shape index (κ3) is 6.07. The number of nitrogens with one attached hydrogen (secondary N) is 1. The quantitative estimate of drug-likeness (QED) is 0.456.